The second-order valence-electron chi connectivity index (χ2n) is 9.21. The fourth-order valence-corrected chi connectivity index (χ4v) is 4.80. The number of nitrogens with zero attached hydrogens (tertiary/aromatic N) is 3. The molecule has 2 amide bonds. The third kappa shape index (κ3) is 5.50. The number of unbranched alkanes of at least 4 members (excludes halogenated alkanes) is 2. The lowest BCUT2D eigenvalue weighted by atomic mass is 9.94. The lowest BCUT2D eigenvalue weighted by Gasteiger charge is -2.31. The van der Waals surface area contributed by atoms with Crippen molar-refractivity contribution in [1.82, 2.24) is 19.8 Å². The predicted octanol–water partition coefficient (Wildman–Crippen LogP) is 3.55. The normalized spacial score (nSPS) is 16.2. The number of fused-ring (bicyclic) bond motifs is 1. The molecular weight excluding hydrogens is 428 g/mol. The molecule has 4 N–H and O–H groups in total. The van der Waals surface area contributed by atoms with Crippen molar-refractivity contribution in [3.05, 3.63) is 47.7 Å². The molecule has 0 saturated heterocycles. The molecule has 0 bridgehead atoms. The molecule has 2 aliphatic rings. The van der Waals surface area contributed by atoms with Crippen LogP contribution in [-0.2, 0) is 11.3 Å². The summed E-state index contributed by atoms with van der Waals surface area (Å²) in [4.78, 5) is 32.6. The minimum absolute atomic E-state index is 0.0282. The Hall–Kier alpha value is -3.13. The number of carbonyl (C=O) groups is 2. The van der Waals surface area contributed by atoms with Gasteiger partial charge < -0.3 is 20.5 Å². The van der Waals surface area contributed by atoms with Gasteiger partial charge in [0.1, 0.15) is 0 Å². The van der Waals surface area contributed by atoms with E-state index in [0.29, 0.717) is 48.3 Å². The first-order valence-corrected chi connectivity index (χ1v) is 12.5. The highest BCUT2D eigenvalue weighted by Crippen LogP contribution is 2.26. The highest BCUT2D eigenvalue weighted by molar-refractivity contribution is 6.06. The molecule has 0 atom stereocenters. The minimum atomic E-state index is -0.213. The number of carbonyl (C=O) groups excluding carboxylic acids is 2. The van der Waals surface area contributed by atoms with Crippen LogP contribution in [0.5, 0.6) is 0 Å². The van der Waals surface area contributed by atoms with Crippen molar-refractivity contribution in [2.45, 2.75) is 64.0 Å². The first kappa shape index (κ1) is 24.0. The van der Waals surface area contributed by atoms with E-state index in [1.807, 2.05) is 40.8 Å². The summed E-state index contributed by atoms with van der Waals surface area (Å²) in [5, 5.41) is 6.02. The Kier molecular flexibility index (Phi) is 8.00. The van der Waals surface area contributed by atoms with Gasteiger partial charge in [-0.25, -0.2) is 4.98 Å². The van der Waals surface area contributed by atoms with Crippen LogP contribution in [0.15, 0.2) is 42.1 Å². The topological polar surface area (TPSA) is 105 Å². The van der Waals surface area contributed by atoms with Crippen LogP contribution in [0, 0.1) is 0 Å². The molecule has 2 heterocycles. The predicted molar refractivity (Wildman–Crippen MR) is 135 cm³/mol. The zero-order valence-electron chi connectivity index (χ0n) is 20.1. The van der Waals surface area contributed by atoms with Gasteiger partial charge in [0, 0.05) is 37.9 Å². The van der Waals surface area contributed by atoms with Crippen LogP contribution in [0.3, 0.4) is 0 Å². The third-order valence-corrected chi connectivity index (χ3v) is 6.80. The van der Waals surface area contributed by atoms with E-state index >= 15 is 0 Å². The fourth-order valence-electron chi connectivity index (χ4n) is 4.80. The summed E-state index contributed by atoms with van der Waals surface area (Å²) >= 11 is 0. The molecule has 1 fully saturated rings. The Bertz CT molecular complexity index is 1080. The van der Waals surface area contributed by atoms with E-state index < -0.39 is 0 Å². The number of anilines is 1. The number of aromatic nitrogens is 2. The lowest BCUT2D eigenvalue weighted by molar-refractivity contribution is -0.112. The molecule has 4 rings (SSSR count). The number of hydrogen-bond donors (Lipinski definition) is 3. The maximum atomic E-state index is 13.2. The summed E-state index contributed by atoms with van der Waals surface area (Å²) in [5.41, 5.74) is 8.46. The summed E-state index contributed by atoms with van der Waals surface area (Å²) in [7, 11) is 1.91. The summed E-state index contributed by atoms with van der Waals surface area (Å²) in [6, 6.07) is 5.98. The molecule has 0 spiro atoms. The van der Waals surface area contributed by atoms with Gasteiger partial charge >= 0.3 is 0 Å². The van der Waals surface area contributed by atoms with Gasteiger partial charge in [-0.15, -0.1) is 0 Å². The van der Waals surface area contributed by atoms with Crippen molar-refractivity contribution in [3.8, 4) is 0 Å². The summed E-state index contributed by atoms with van der Waals surface area (Å²) in [5.74, 6) is 0.314. The number of nitrogens with two attached hydrogens (primary N) is 1. The van der Waals surface area contributed by atoms with Crippen molar-refractivity contribution < 1.29 is 9.59 Å². The molecule has 182 valence electrons. The molecule has 2 aromatic rings. The Balaban J connectivity index is 1.59. The largest absolute Gasteiger partial charge is 0.387 e. The van der Waals surface area contributed by atoms with Gasteiger partial charge in [0.15, 0.2) is 0 Å². The molecular formula is C26H36N6O2. The Morgan fingerprint density at radius 3 is 2.76 bits per heavy atom. The van der Waals surface area contributed by atoms with Crippen molar-refractivity contribution in [2.24, 2.45) is 5.73 Å². The molecule has 0 unspecified atom stereocenters. The van der Waals surface area contributed by atoms with Crippen LogP contribution >= 0.6 is 0 Å². The van der Waals surface area contributed by atoms with Crippen LogP contribution in [0.2, 0.25) is 0 Å². The van der Waals surface area contributed by atoms with Crippen LogP contribution in [0.4, 0.5) is 5.95 Å². The fraction of sp³-hybridized carbons (Fsp3) is 0.500. The molecule has 1 aromatic carbocycles. The quantitative estimate of drug-likeness (QED) is 0.492. The van der Waals surface area contributed by atoms with Gasteiger partial charge in [-0.3, -0.25) is 14.9 Å². The maximum Gasteiger partial charge on any atom is 0.259 e. The third-order valence-electron chi connectivity index (χ3n) is 6.80. The van der Waals surface area contributed by atoms with Crippen molar-refractivity contribution in [3.63, 3.8) is 0 Å². The Labute approximate surface area is 201 Å². The van der Waals surface area contributed by atoms with Crippen molar-refractivity contribution in [2.75, 3.05) is 25.5 Å². The van der Waals surface area contributed by atoms with Crippen LogP contribution in [0.25, 0.3) is 11.0 Å². The number of rotatable bonds is 9. The average molecular weight is 465 g/mol. The van der Waals surface area contributed by atoms with Crippen molar-refractivity contribution >= 4 is 28.8 Å². The van der Waals surface area contributed by atoms with Gasteiger partial charge in [0.05, 0.1) is 16.6 Å². The van der Waals surface area contributed by atoms with Gasteiger partial charge in [0.25, 0.3) is 11.8 Å². The van der Waals surface area contributed by atoms with Crippen LogP contribution in [0.1, 0.15) is 61.7 Å². The number of nitrogens with one attached hydrogen (secondary N) is 2. The number of hydrogen-bond acceptors (Lipinski definition) is 5. The van der Waals surface area contributed by atoms with E-state index in [0.717, 1.165) is 37.6 Å². The molecule has 1 aromatic heterocycles. The van der Waals surface area contributed by atoms with Crippen LogP contribution < -0.4 is 16.4 Å². The van der Waals surface area contributed by atoms with Gasteiger partial charge in [-0.05, 0) is 50.4 Å². The molecule has 34 heavy (non-hydrogen) atoms. The summed E-state index contributed by atoms with van der Waals surface area (Å²) in [6.45, 7) is 2.10. The van der Waals surface area contributed by atoms with Gasteiger partial charge in [-0.1, -0.05) is 37.8 Å². The first-order chi connectivity index (χ1) is 16.6. The monoisotopic (exact) mass is 464 g/mol. The molecule has 1 saturated carbocycles. The maximum absolute atomic E-state index is 13.2. The van der Waals surface area contributed by atoms with Crippen molar-refractivity contribution in [1.29, 1.82) is 0 Å². The summed E-state index contributed by atoms with van der Waals surface area (Å²) < 4.78 is 2.03. The zero-order chi connectivity index (χ0) is 23.9. The smallest absolute Gasteiger partial charge is 0.259 e. The standard InChI is InChI=1S/C26H36N6O2/c1-31(21-10-4-2-5-11-21)25(34)19-12-13-23-22(17-19)29-26(32(23)16-7-3-6-14-27)30-24(33)20-9-8-15-28-18-20/h8-9,12-13,17-18,21,28H,2-7,10-11,14-16,27H2,1H3,(H,29,30,33). The SMILES string of the molecule is CN(C(=O)c1ccc2c(c1)nc(NC(=O)C1=CNCC=C1)n2CCCCCN)C1CCCCC1. The summed E-state index contributed by atoms with van der Waals surface area (Å²) in [6.07, 6.45) is 14.1. The van der Waals surface area contributed by atoms with Crippen LogP contribution in [-0.4, -0.2) is 52.4 Å². The highest BCUT2D eigenvalue weighted by atomic mass is 16.2. The van der Waals surface area contributed by atoms with Gasteiger partial charge in [0.2, 0.25) is 5.95 Å². The first-order valence-electron chi connectivity index (χ1n) is 12.5. The number of aryl methyl sites for hydroxylation is 1. The van der Waals surface area contributed by atoms with E-state index in [9.17, 15) is 9.59 Å². The molecule has 1 aliphatic carbocycles. The van der Waals surface area contributed by atoms with Gasteiger partial charge in [-0.2, -0.15) is 0 Å². The van der Waals surface area contributed by atoms with E-state index in [-0.39, 0.29) is 11.8 Å². The Morgan fingerprint density at radius 1 is 1.21 bits per heavy atom. The number of dihydropyridines is 1. The molecule has 0 radical (unpaired) electrons. The second-order valence-corrected chi connectivity index (χ2v) is 9.21. The second kappa shape index (κ2) is 11.3. The number of benzene rings is 1. The van der Waals surface area contributed by atoms with E-state index in [4.69, 9.17) is 10.7 Å². The van der Waals surface area contributed by atoms with E-state index in [1.165, 1.54) is 19.3 Å². The molecule has 1 aliphatic heterocycles. The highest BCUT2D eigenvalue weighted by Gasteiger charge is 2.24. The van der Waals surface area contributed by atoms with E-state index in [2.05, 4.69) is 10.6 Å². The Morgan fingerprint density at radius 2 is 2.03 bits per heavy atom. The number of amides is 2. The van der Waals surface area contributed by atoms with E-state index in [1.54, 1.807) is 12.3 Å². The zero-order valence-corrected chi connectivity index (χ0v) is 20.1. The molecule has 8 nitrogen and oxygen atoms in total. The lowest BCUT2D eigenvalue weighted by Crippen LogP contribution is -2.38. The average Bonchev–Trinajstić information content (AvgIpc) is 3.22. The minimum Gasteiger partial charge on any atom is -0.387 e. The molecule has 8 heteroatoms. The number of imidazole rings is 1.